The molecule has 1 heterocycles. The predicted octanol–water partition coefficient (Wildman–Crippen LogP) is 5.85. The van der Waals surface area contributed by atoms with E-state index >= 15 is 0 Å². The smallest absolute Gasteiger partial charge is 0.265 e. The lowest BCUT2D eigenvalue weighted by Crippen LogP contribution is -2.28. The zero-order valence-corrected chi connectivity index (χ0v) is 18.6. The molecule has 30 heavy (non-hydrogen) atoms. The number of rotatable bonds is 8. The van der Waals surface area contributed by atoms with E-state index < -0.39 is 0 Å². The van der Waals surface area contributed by atoms with E-state index in [1.54, 1.807) is 54.4 Å². The molecule has 0 unspecified atom stereocenters. The van der Waals surface area contributed by atoms with E-state index in [0.29, 0.717) is 51.5 Å². The number of halogens is 2. The average molecular weight is 463 g/mol. The van der Waals surface area contributed by atoms with Crippen molar-refractivity contribution in [2.45, 2.75) is 6.42 Å². The van der Waals surface area contributed by atoms with Crippen molar-refractivity contribution in [1.82, 2.24) is 4.90 Å². The Morgan fingerprint density at radius 1 is 1.10 bits per heavy atom. The van der Waals surface area contributed by atoms with Crippen LogP contribution in [0.5, 0.6) is 5.75 Å². The first-order valence-corrected chi connectivity index (χ1v) is 10.9. The third-order valence-electron chi connectivity index (χ3n) is 4.26. The lowest BCUT2D eigenvalue weighted by Gasteiger charge is -2.18. The van der Waals surface area contributed by atoms with Gasteiger partial charge in [-0.3, -0.25) is 9.59 Å². The molecule has 3 aromatic rings. The molecule has 2 amide bonds. The Bertz CT molecular complexity index is 1020. The van der Waals surface area contributed by atoms with Gasteiger partial charge in [0.05, 0.1) is 22.2 Å². The zero-order valence-electron chi connectivity index (χ0n) is 16.2. The number of hydrogen-bond donors (Lipinski definition) is 1. The van der Waals surface area contributed by atoms with E-state index in [9.17, 15) is 9.59 Å². The summed E-state index contributed by atoms with van der Waals surface area (Å²) in [5, 5.41) is 5.57. The Morgan fingerprint density at radius 3 is 2.67 bits per heavy atom. The maximum atomic E-state index is 12.7. The molecule has 156 valence electrons. The fourth-order valence-corrected chi connectivity index (χ4v) is 3.68. The highest BCUT2D eigenvalue weighted by Gasteiger charge is 2.15. The molecule has 3 rings (SSSR count). The fourth-order valence-electron chi connectivity index (χ4n) is 2.72. The van der Waals surface area contributed by atoms with Crippen molar-refractivity contribution in [3.63, 3.8) is 0 Å². The SMILES string of the molecule is CN(CCCOc1cccc(Cl)c1)C(=O)c1ccc(Cl)c(NC(=O)c2cccs2)c1. The van der Waals surface area contributed by atoms with Crippen molar-refractivity contribution in [2.75, 3.05) is 25.5 Å². The van der Waals surface area contributed by atoms with Gasteiger partial charge in [0.15, 0.2) is 0 Å². The average Bonchev–Trinajstić information content (AvgIpc) is 3.27. The number of nitrogens with one attached hydrogen (secondary N) is 1. The molecule has 0 atom stereocenters. The van der Waals surface area contributed by atoms with Crippen LogP contribution in [0.15, 0.2) is 60.0 Å². The maximum absolute atomic E-state index is 12.7. The Hall–Kier alpha value is -2.54. The first-order valence-electron chi connectivity index (χ1n) is 9.22. The number of benzene rings is 2. The van der Waals surface area contributed by atoms with E-state index in [1.807, 2.05) is 17.5 Å². The quantitative estimate of drug-likeness (QED) is 0.427. The van der Waals surface area contributed by atoms with Crippen LogP contribution in [0.4, 0.5) is 5.69 Å². The van der Waals surface area contributed by atoms with E-state index in [0.717, 1.165) is 0 Å². The van der Waals surface area contributed by atoms with Crippen LogP contribution in [0.25, 0.3) is 0 Å². The minimum atomic E-state index is -0.261. The Balaban J connectivity index is 1.55. The van der Waals surface area contributed by atoms with Crippen LogP contribution in [0.3, 0.4) is 0 Å². The number of thiophene rings is 1. The Labute approximate surface area is 189 Å². The first-order chi connectivity index (χ1) is 14.4. The van der Waals surface area contributed by atoms with E-state index in [1.165, 1.54) is 11.3 Å². The molecule has 1 N–H and O–H groups in total. The Kier molecular flexibility index (Phi) is 7.74. The summed E-state index contributed by atoms with van der Waals surface area (Å²) >= 11 is 13.5. The lowest BCUT2D eigenvalue weighted by atomic mass is 10.1. The number of hydrogen-bond acceptors (Lipinski definition) is 4. The van der Waals surface area contributed by atoms with Crippen molar-refractivity contribution in [1.29, 1.82) is 0 Å². The summed E-state index contributed by atoms with van der Waals surface area (Å²) in [6, 6.07) is 15.5. The van der Waals surface area contributed by atoms with Gasteiger partial charge in [-0.05, 0) is 54.3 Å². The second-order valence-corrected chi connectivity index (χ2v) is 8.30. The largest absolute Gasteiger partial charge is 0.493 e. The molecular formula is C22H20Cl2N2O3S. The van der Waals surface area contributed by atoms with Gasteiger partial charge in [-0.1, -0.05) is 35.3 Å². The zero-order chi connectivity index (χ0) is 21.5. The number of carbonyl (C=O) groups is 2. The highest BCUT2D eigenvalue weighted by molar-refractivity contribution is 7.12. The van der Waals surface area contributed by atoms with Crippen LogP contribution in [0.2, 0.25) is 10.0 Å². The number of nitrogens with zero attached hydrogens (tertiary/aromatic N) is 1. The van der Waals surface area contributed by atoms with Crippen molar-refractivity contribution >= 4 is 52.0 Å². The molecule has 8 heteroatoms. The summed E-state index contributed by atoms with van der Waals surface area (Å²) in [6.45, 7) is 0.972. The summed E-state index contributed by atoms with van der Waals surface area (Å²) < 4.78 is 5.65. The monoisotopic (exact) mass is 462 g/mol. The normalized spacial score (nSPS) is 10.5. The van der Waals surface area contributed by atoms with Gasteiger partial charge in [-0.15, -0.1) is 11.3 Å². The van der Waals surface area contributed by atoms with Gasteiger partial charge in [-0.2, -0.15) is 0 Å². The van der Waals surface area contributed by atoms with Gasteiger partial charge in [-0.25, -0.2) is 0 Å². The predicted molar refractivity (Wildman–Crippen MR) is 122 cm³/mol. The van der Waals surface area contributed by atoms with Crippen LogP contribution in [0.1, 0.15) is 26.5 Å². The van der Waals surface area contributed by atoms with Crippen molar-refractivity contribution in [2.24, 2.45) is 0 Å². The van der Waals surface area contributed by atoms with Gasteiger partial charge in [0.25, 0.3) is 11.8 Å². The van der Waals surface area contributed by atoms with E-state index in [-0.39, 0.29) is 11.8 Å². The molecule has 1 aromatic heterocycles. The van der Waals surface area contributed by atoms with Gasteiger partial charge >= 0.3 is 0 Å². The molecule has 0 saturated heterocycles. The van der Waals surface area contributed by atoms with Gasteiger partial charge in [0.1, 0.15) is 5.75 Å². The Morgan fingerprint density at radius 2 is 1.93 bits per heavy atom. The molecule has 0 radical (unpaired) electrons. The maximum Gasteiger partial charge on any atom is 0.265 e. The second kappa shape index (κ2) is 10.5. The molecular weight excluding hydrogens is 443 g/mol. The number of ether oxygens (including phenoxy) is 1. The van der Waals surface area contributed by atoms with Gasteiger partial charge < -0.3 is 15.0 Å². The summed E-state index contributed by atoms with van der Waals surface area (Å²) in [5.74, 6) is 0.268. The lowest BCUT2D eigenvalue weighted by molar-refractivity contribution is 0.0787. The summed E-state index contributed by atoms with van der Waals surface area (Å²) in [4.78, 5) is 27.2. The van der Waals surface area contributed by atoms with Crippen LogP contribution >= 0.6 is 34.5 Å². The number of anilines is 1. The van der Waals surface area contributed by atoms with E-state index in [4.69, 9.17) is 27.9 Å². The minimum Gasteiger partial charge on any atom is -0.493 e. The van der Waals surface area contributed by atoms with Crippen molar-refractivity contribution in [3.8, 4) is 5.75 Å². The standard InChI is InChI=1S/C22H20Cl2N2O3S/c1-26(10-4-11-29-17-6-2-5-16(23)14-17)22(28)15-8-9-18(24)19(13-15)25-21(27)20-7-3-12-30-20/h2-3,5-9,12-14H,4,10-11H2,1H3,(H,25,27). The van der Waals surface area contributed by atoms with Gasteiger partial charge in [0, 0.05) is 24.2 Å². The summed E-state index contributed by atoms with van der Waals surface area (Å²) in [5.41, 5.74) is 0.845. The topological polar surface area (TPSA) is 58.6 Å². The molecule has 0 aliphatic heterocycles. The number of carbonyl (C=O) groups excluding carboxylic acids is 2. The van der Waals surface area contributed by atoms with Crippen LogP contribution in [-0.4, -0.2) is 36.9 Å². The molecule has 0 bridgehead atoms. The van der Waals surface area contributed by atoms with Gasteiger partial charge in [0.2, 0.25) is 0 Å². The molecule has 2 aromatic carbocycles. The molecule has 0 saturated carbocycles. The third kappa shape index (κ3) is 5.98. The second-order valence-electron chi connectivity index (χ2n) is 6.51. The molecule has 0 spiro atoms. The van der Waals surface area contributed by atoms with Crippen LogP contribution < -0.4 is 10.1 Å². The fraction of sp³-hybridized carbons (Fsp3) is 0.182. The first kappa shape index (κ1) is 22.2. The molecule has 0 aliphatic rings. The third-order valence-corrected chi connectivity index (χ3v) is 5.69. The highest BCUT2D eigenvalue weighted by Crippen LogP contribution is 2.25. The summed E-state index contributed by atoms with van der Waals surface area (Å²) in [7, 11) is 1.72. The van der Waals surface area contributed by atoms with Crippen molar-refractivity contribution in [3.05, 3.63) is 80.5 Å². The summed E-state index contributed by atoms with van der Waals surface area (Å²) in [6.07, 6.45) is 0.657. The molecule has 0 fully saturated rings. The van der Waals surface area contributed by atoms with Crippen LogP contribution in [-0.2, 0) is 0 Å². The van der Waals surface area contributed by atoms with Crippen LogP contribution in [0, 0.1) is 0 Å². The molecule has 5 nitrogen and oxygen atoms in total. The molecule has 0 aliphatic carbocycles. The van der Waals surface area contributed by atoms with E-state index in [2.05, 4.69) is 5.32 Å². The van der Waals surface area contributed by atoms with Crippen molar-refractivity contribution < 1.29 is 14.3 Å². The minimum absolute atomic E-state index is 0.166. The number of amides is 2. The highest BCUT2D eigenvalue weighted by atomic mass is 35.5.